The molecule has 4 nitrogen and oxygen atoms in total. The van der Waals surface area contributed by atoms with Crippen molar-refractivity contribution in [1.82, 2.24) is 0 Å². The van der Waals surface area contributed by atoms with Crippen LogP contribution in [0.15, 0.2) is 58.3 Å². The molecule has 0 saturated carbocycles. The highest BCUT2D eigenvalue weighted by atomic mass is 32.2. The van der Waals surface area contributed by atoms with Crippen LogP contribution in [0.25, 0.3) is 0 Å². The quantitative estimate of drug-likeness (QED) is 0.532. The fourth-order valence-corrected chi connectivity index (χ4v) is 4.42. The fraction of sp³-hybridized carbons (Fsp3) is 0.294. The van der Waals surface area contributed by atoms with Crippen LogP contribution in [0.3, 0.4) is 0 Å². The van der Waals surface area contributed by atoms with Crippen LogP contribution in [0.1, 0.15) is 13.8 Å². The van der Waals surface area contributed by atoms with Gasteiger partial charge in [0.05, 0.1) is 0 Å². The Morgan fingerprint density at radius 1 is 0.739 bits per heavy atom. The minimum absolute atomic E-state index is 0.221. The van der Waals surface area contributed by atoms with Crippen molar-refractivity contribution in [2.24, 2.45) is 0 Å². The lowest BCUT2D eigenvalue weighted by Gasteiger charge is -2.31. The lowest BCUT2D eigenvalue weighted by molar-refractivity contribution is -0.101. The van der Waals surface area contributed by atoms with Gasteiger partial charge in [-0.25, -0.2) is 0 Å². The Labute approximate surface area is 144 Å². The van der Waals surface area contributed by atoms with Crippen LogP contribution in [0, 0.1) is 0 Å². The van der Waals surface area contributed by atoms with Crippen molar-refractivity contribution in [3.63, 3.8) is 0 Å². The number of phenolic OH excluding ortho intramolecular Hbond substituents is 2. The number of ether oxygens (including phenoxy) is 2. The first-order valence-electron chi connectivity index (χ1n) is 7.31. The van der Waals surface area contributed by atoms with Gasteiger partial charge in [0.25, 0.3) is 4.45 Å². The van der Waals surface area contributed by atoms with Gasteiger partial charge in [-0.2, -0.15) is 0 Å². The molecule has 0 aliphatic carbocycles. The summed E-state index contributed by atoms with van der Waals surface area (Å²) in [4.78, 5) is 1.85. The largest absolute Gasteiger partial charge is 0.508 e. The molecule has 0 aliphatic rings. The molecule has 6 heteroatoms. The molecule has 0 atom stereocenters. The molecule has 23 heavy (non-hydrogen) atoms. The monoisotopic (exact) mass is 352 g/mol. The Morgan fingerprint density at radius 3 is 1.39 bits per heavy atom. The van der Waals surface area contributed by atoms with Gasteiger partial charge in [0, 0.05) is 23.0 Å². The van der Waals surface area contributed by atoms with Gasteiger partial charge in [-0.1, -0.05) is 0 Å². The predicted molar refractivity (Wildman–Crippen MR) is 93.9 cm³/mol. The third kappa shape index (κ3) is 5.35. The highest BCUT2D eigenvalue weighted by molar-refractivity contribution is 8.17. The summed E-state index contributed by atoms with van der Waals surface area (Å²) in [5, 5.41) is 18.8. The normalized spacial score (nSPS) is 11.6. The van der Waals surface area contributed by atoms with E-state index < -0.39 is 4.45 Å². The highest BCUT2D eigenvalue weighted by Crippen LogP contribution is 2.47. The van der Waals surface area contributed by atoms with Gasteiger partial charge in [0.1, 0.15) is 11.5 Å². The molecule has 0 spiro atoms. The maximum atomic E-state index is 9.42. The molecule has 0 heterocycles. The van der Waals surface area contributed by atoms with E-state index in [1.165, 1.54) is 23.5 Å². The Hall–Kier alpha value is -1.34. The lowest BCUT2D eigenvalue weighted by atomic mass is 10.3. The van der Waals surface area contributed by atoms with Crippen LogP contribution < -0.4 is 0 Å². The van der Waals surface area contributed by atoms with E-state index >= 15 is 0 Å². The zero-order valence-electron chi connectivity index (χ0n) is 13.1. The number of phenols is 2. The van der Waals surface area contributed by atoms with Gasteiger partial charge in [0.2, 0.25) is 0 Å². The second-order valence-corrected chi connectivity index (χ2v) is 7.24. The summed E-state index contributed by atoms with van der Waals surface area (Å²) in [6.07, 6.45) is 0. The van der Waals surface area contributed by atoms with E-state index in [1.807, 2.05) is 38.1 Å². The van der Waals surface area contributed by atoms with Gasteiger partial charge in [-0.15, -0.1) is 0 Å². The summed E-state index contributed by atoms with van der Waals surface area (Å²) < 4.78 is 10.9. The first-order valence-corrected chi connectivity index (χ1v) is 8.94. The molecule has 0 aromatic heterocycles. The van der Waals surface area contributed by atoms with Gasteiger partial charge in [-0.05, 0) is 85.9 Å². The number of hydrogen-bond donors (Lipinski definition) is 2. The molecule has 0 radical (unpaired) electrons. The van der Waals surface area contributed by atoms with E-state index in [9.17, 15) is 10.2 Å². The number of hydrogen-bond acceptors (Lipinski definition) is 6. The second kappa shape index (κ2) is 8.49. The predicted octanol–water partition coefficient (Wildman–Crippen LogP) is 4.67. The van der Waals surface area contributed by atoms with Crippen molar-refractivity contribution in [2.45, 2.75) is 28.1 Å². The first kappa shape index (κ1) is 18.0. The lowest BCUT2D eigenvalue weighted by Crippen LogP contribution is -2.28. The molecule has 0 aliphatic heterocycles. The van der Waals surface area contributed by atoms with Crippen molar-refractivity contribution in [3.8, 4) is 11.5 Å². The van der Waals surface area contributed by atoms with Gasteiger partial charge in [0.15, 0.2) is 0 Å². The number of thioether (sulfide) groups is 2. The van der Waals surface area contributed by atoms with Gasteiger partial charge < -0.3 is 19.7 Å². The van der Waals surface area contributed by atoms with Gasteiger partial charge in [-0.3, -0.25) is 0 Å². The maximum Gasteiger partial charge on any atom is 0.278 e. The average Bonchev–Trinajstić information content (AvgIpc) is 2.52. The molecular weight excluding hydrogens is 332 g/mol. The second-order valence-electron chi connectivity index (χ2n) is 4.56. The fourth-order valence-electron chi connectivity index (χ4n) is 1.85. The van der Waals surface area contributed by atoms with E-state index in [4.69, 9.17) is 9.47 Å². The summed E-state index contributed by atoms with van der Waals surface area (Å²) in [6.45, 7) is 4.83. The molecule has 0 bridgehead atoms. The third-order valence-corrected chi connectivity index (χ3v) is 5.29. The highest BCUT2D eigenvalue weighted by Gasteiger charge is 2.35. The Kier molecular flexibility index (Phi) is 6.65. The molecule has 0 fully saturated rings. The molecule has 0 amide bonds. The van der Waals surface area contributed by atoms with Crippen molar-refractivity contribution < 1.29 is 19.7 Å². The van der Waals surface area contributed by atoms with Crippen molar-refractivity contribution >= 4 is 23.5 Å². The number of aromatic hydroxyl groups is 2. The van der Waals surface area contributed by atoms with Crippen LogP contribution in [-0.2, 0) is 9.47 Å². The number of rotatable bonds is 8. The Balaban J connectivity index is 2.25. The summed E-state index contributed by atoms with van der Waals surface area (Å²) >= 11 is 2.88. The molecule has 2 rings (SSSR count). The SMILES string of the molecule is CCOC(OCC)(Sc1ccc(O)cc1)Sc1ccc(O)cc1. The zero-order chi connectivity index (χ0) is 16.7. The third-order valence-electron chi connectivity index (χ3n) is 2.80. The molecule has 2 N–H and O–H groups in total. The first-order chi connectivity index (χ1) is 11.1. The van der Waals surface area contributed by atoms with Crippen molar-refractivity contribution in [1.29, 1.82) is 0 Å². The molecule has 124 valence electrons. The summed E-state index contributed by atoms with van der Waals surface area (Å²) in [5.74, 6) is 0.443. The van der Waals surface area contributed by atoms with E-state index in [0.29, 0.717) is 13.2 Å². The maximum absolute atomic E-state index is 9.42. The zero-order valence-corrected chi connectivity index (χ0v) is 14.7. The molecule has 0 saturated heterocycles. The van der Waals surface area contributed by atoms with Crippen LogP contribution in [0.2, 0.25) is 0 Å². The summed E-state index contributed by atoms with van der Waals surface area (Å²) in [7, 11) is 0. The molecule has 2 aromatic carbocycles. The number of benzene rings is 2. The van der Waals surface area contributed by atoms with Crippen LogP contribution in [0.4, 0.5) is 0 Å². The topological polar surface area (TPSA) is 58.9 Å². The molecule has 0 unspecified atom stereocenters. The van der Waals surface area contributed by atoms with Crippen LogP contribution in [-0.4, -0.2) is 27.9 Å². The smallest absolute Gasteiger partial charge is 0.278 e. The van der Waals surface area contributed by atoms with Crippen molar-refractivity contribution in [3.05, 3.63) is 48.5 Å². The van der Waals surface area contributed by atoms with E-state index in [-0.39, 0.29) is 11.5 Å². The standard InChI is InChI=1S/C17H20O4S2/c1-3-20-17(21-4-2,22-15-9-5-13(18)6-10-15)23-16-11-7-14(19)8-12-16/h5-12,18-19H,3-4H2,1-2H3. The summed E-state index contributed by atoms with van der Waals surface area (Å²) in [5.41, 5.74) is 0. The van der Waals surface area contributed by atoms with Gasteiger partial charge >= 0.3 is 0 Å². The average molecular weight is 352 g/mol. The van der Waals surface area contributed by atoms with Crippen LogP contribution >= 0.6 is 23.5 Å². The minimum atomic E-state index is -0.933. The summed E-state index contributed by atoms with van der Waals surface area (Å²) in [6, 6.07) is 13.8. The molecule has 2 aromatic rings. The minimum Gasteiger partial charge on any atom is -0.508 e. The van der Waals surface area contributed by atoms with E-state index in [1.54, 1.807) is 24.3 Å². The van der Waals surface area contributed by atoms with E-state index in [0.717, 1.165) is 9.79 Å². The Bertz CT molecular complexity index is 543. The Morgan fingerprint density at radius 2 is 1.09 bits per heavy atom. The van der Waals surface area contributed by atoms with E-state index in [2.05, 4.69) is 0 Å². The van der Waals surface area contributed by atoms with Crippen molar-refractivity contribution in [2.75, 3.05) is 13.2 Å². The molecular formula is C17H20O4S2. The van der Waals surface area contributed by atoms with Crippen LogP contribution in [0.5, 0.6) is 11.5 Å².